The van der Waals surface area contributed by atoms with Gasteiger partial charge >= 0.3 is 0 Å². The van der Waals surface area contributed by atoms with E-state index in [9.17, 15) is 5.11 Å². The molecule has 0 saturated carbocycles. The van der Waals surface area contributed by atoms with E-state index in [-0.39, 0.29) is 11.4 Å². The first-order valence-corrected chi connectivity index (χ1v) is 7.91. The second-order valence-electron chi connectivity index (χ2n) is 6.74. The van der Waals surface area contributed by atoms with Crippen molar-refractivity contribution < 1.29 is 9.84 Å². The summed E-state index contributed by atoms with van der Waals surface area (Å²) in [5, 5.41) is 13.1. The predicted molar refractivity (Wildman–Crippen MR) is 92.2 cm³/mol. The number of benzene rings is 1. The number of aryl methyl sites for hydroxylation is 1. The van der Waals surface area contributed by atoms with Gasteiger partial charge in [-0.05, 0) is 51.0 Å². The Balaban J connectivity index is 1.89. The monoisotopic (exact) mass is 314 g/mol. The van der Waals surface area contributed by atoms with Crippen LogP contribution in [0.4, 0.5) is 0 Å². The lowest BCUT2D eigenvalue weighted by molar-refractivity contribution is -0.0149. The van der Waals surface area contributed by atoms with Crippen LogP contribution in [0, 0.1) is 6.92 Å². The highest BCUT2D eigenvalue weighted by molar-refractivity contribution is 5.28. The van der Waals surface area contributed by atoms with Crippen molar-refractivity contribution in [1.82, 2.24) is 10.3 Å². The molecule has 4 nitrogen and oxygen atoms in total. The minimum absolute atomic E-state index is 0.136. The summed E-state index contributed by atoms with van der Waals surface area (Å²) in [4.78, 5) is 4.35. The molecular formula is C19H26N2O2. The first-order valence-electron chi connectivity index (χ1n) is 7.91. The smallest absolute Gasteiger partial charge is 0.138 e. The van der Waals surface area contributed by atoms with Crippen molar-refractivity contribution in [2.24, 2.45) is 0 Å². The van der Waals surface area contributed by atoms with Crippen LogP contribution >= 0.6 is 0 Å². The van der Waals surface area contributed by atoms with Crippen molar-refractivity contribution >= 4 is 0 Å². The molecule has 23 heavy (non-hydrogen) atoms. The number of aromatic hydroxyl groups is 1. The van der Waals surface area contributed by atoms with Crippen molar-refractivity contribution in [2.75, 3.05) is 0 Å². The van der Waals surface area contributed by atoms with Crippen LogP contribution < -0.4 is 5.32 Å². The molecule has 1 aromatic heterocycles. The fourth-order valence-corrected chi connectivity index (χ4v) is 2.19. The maximum atomic E-state index is 9.80. The first-order chi connectivity index (χ1) is 10.8. The lowest BCUT2D eigenvalue weighted by Gasteiger charge is -2.19. The van der Waals surface area contributed by atoms with Crippen LogP contribution in [-0.2, 0) is 24.4 Å². The molecule has 0 aliphatic carbocycles. The summed E-state index contributed by atoms with van der Waals surface area (Å²) in [6.07, 6.45) is 0. The molecule has 0 amide bonds. The molecule has 0 saturated heterocycles. The molecule has 1 aromatic carbocycles. The molecular weight excluding hydrogens is 288 g/mol. The van der Waals surface area contributed by atoms with E-state index < -0.39 is 0 Å². The van der Waals surface area contributed by atoms with Gasteiger partial charge in [0.1, 0.15) is 5.75 Å². The van der Waals surface area contributed by atoms with Gasteiger partial charge in [-0.15, -0.1) is 0 Å². The lowest BCUT2D eigenvalue weighted by atomic mass is 10.1. The van der Waals surface area contributed by atoms with Gasteiger partial charge in [0.05, 0.1) is 17.9 Å². The van der Waals surface area contributed by atoms with Gasteiger partial charge in [-0.25, -0.2) is 0 Å². The van der Waals surface area contributed by atoms with Crippen molar-refractivity contribution in [3.63, 3.8) is 0 Å². The summed E-state index contributed by atoms with van der Waals surface area (Å²) in [5.41, 5.74) is 3.80. The molecule has 2 rings (SSSR count). The largest absolute Gasteiger partial charge is 0.506 e. The minimum Gasteiger partial charge on any atom is -0.506 e. The van der Waals surface area contributed by atoms with Gasteiger partial charge in [0, 0.05) is 18.8 Å². The second kappa shape index (κ2) is 7.57. The van der Waals surface area contributed by atoms with Crippen molar-refractivity contribution in [1.29, 1.82) is 0 Å². The lowest BCUT2D eigenvalue weighted by Crippen LogP contribution is -2.19. The average molecular weight is 314 g/mol. The van der Waals surface area contributed by atoms with E-state index in [1.54, 1.807) is 12.1 Å². The molecule has 2 N–H and O–H groups in total. The Morgan fingerprint density at radius 1 is 1.09 bits per heavy atom. The summed E-state index contributed by atoms with van der Waals surface area (Å²) >= 11 is 0. The van der Waals surface area contributed by atoms with E-state index in [2.05, 4.69) is 49.3 Å². The fourth-order valence-electron chi connectivity index (χ4n) is 2.19. The van der Waals surface area contributed by atoms with E-state index in [0.29, 0.717) is 18.8 Å². The summed E-state index contributed by atoms with van der Waals surface area (Å²) < 4.78 is 5.81. The van der Waals surface area contributed by atoms with E-state index >= 15 is 0 Å². The Labute approximate surface area is 138 Å². The van der Waals surface area contributed by atoms with E-state index in [1.165, 1.54) is 5.56 Å². The number of nitrogens with one attached hydrogen (secondary N) is 1. The molecule has 0 bridgehead atoms. The summed E-state index contributed by atoms with van der Waals surface area (Å²) in [6.45, 7) is 9.95. The van der Waals surface area contributed by atoms with Gasteiger partial charge in [-0.2, -0.15) is 0 Å². The molecule has 0 fully saturated rings. The zero-order valence-electron chi connectivity index (χ0n) is 14.4. The minimum atomic E-state index is -0.136. The number of hydrogen-bond acceptors (Lipinski definition) is 4. The molecule has 0 unspecified atom stereocenters. The molecule has 2 aromatic rings. The molecule has 1 heterocycles. The highest BCUT2D eigenvalue weighted by Gasteiger charge is 2.10. The third-order valence-corrected chi connectivity index (χ3v) is 3.37. The Morgan fingerprint density at radius 3 is 2.57 bits per heavy atom. The first kappa shape index (κ1) is 17.4. The van der Waals surface area contributed by atoms with Crippen molar-refractivity contribution in [3.05, 3.63) is 58.9 Å². The molecule has 4 heteroatoms. The van der Waals surface area contributed by atoms with E-state index in [1.807, 2.05) is 13.0 Å². The Morgan fingerprint density at radius 2 is 1.83 bits per heavy atom. The highest BCUT2D eigenvalue weighted by atomic mass is 16.5. The Hall–Kier alpha value is -1.91. The third-order valence-electron chi connectivity index (χ3n) is 3.37. The van der Waals surface area contributed by atoms with Crippen LogP contribution in [-0.4, -0.2) is 15.7 Å². The van der Waals surface area contributed by atoms with Gasteiger partial charge in [0.25, 0.3) is 0 Å². The quantitative estimate of drug-likeness (QED) is 0.853. The zero-order chi connectivity index (χ0) is 16.9. The van der Waals surface area contributed by atoms with Crippen LogP contribution in [0.25, 0.3) is 0 Å². The summed E-state index contributed by atoms with van der Waals surface area (Å²) in [7, 11) is 0. The SMILES string of the molecule is Cc1ccc(O)c(CNCc2cccc(COC(C)(C)C)c2)n1. The molecule has 0 radical (unpaired) electrons. The molecule has 0 spiro atoms. The highest BCUT2D eigenvalue weighted by Crippen LogP contribution is 2.15. The number of nitrogens with zero attached hydrogens (tertiary/aromatic N) is 1. The second-order valence-corrected chi connectivity index (χ2v) is 6.74. The van der Waals surface area contributed by atoms with Gasteiger partial charge in [0.15, 0.2) is 0 Å². The van der Waals surface area contributed by atoms with Gasteiger partial charge in [-0.3, -0.25) is 4.98 Å². The van der Waals surface area contributed by atoms with Crippen molar-refractivity contribution in [2.45, 2.75) is 53.0 Å². The predicted octanol–water partition coefficient (Wildman–Crippen LogP) is 3.70. The van der Waals surface area contributed by atoms with Gasteiger partial charge in [-0.1, -0.05) is 24.3 Å². The standard InChI is InChI=1S/C19H26N2O2/c1-14-8-9-18(22)17(21-14)12-20-11-15-6-5-7-16(10-15)13-23-19(2,3)4/h5-10,20,22H,11-13H2,1-4H3. The van der Waals surface area contributed by atoms with Crippen LogP contribution in [0.1, 0.15) is 43.3 Å². The van der Waals surface area contributed by atoms with E-state index in [4.69, 9.17) is 4.74 Å². The van der Waals surface area contributed by atoms with Crippen molar-refractivity contribution in [3.8, 4) is 5.75 Å². The zero-order valence-corrected chi connectivity index (χ0v) is 14.4. The number of ether oxygens (including phenoxy) is 1. The van der Waals surface area contributed by atoms with Crippen LogP contribution in [0.5, 0.6) is 5.75 Å². The Kier molecular flexibility index (Phi) is 5.74. The summed E-state index contributed by atoms with van der Waals surface area (Å²) in [6, 6.07) is 11.8. The van der Waals surface area contributed by atoms with E-state index in [0.717, 1.165) is 17.8 Å². The molecule has 0 aliphatic rings. The maximum Gasteiger partial charge on any atom is 0.138 e. The molecule has 0 atom stereocenters. The number of hydrogen-bond donors (Lipinski definition) is 2. The number of aromatic nitrogens is 1. The average Bonchev–Trinajstić information content (AvgIpc) is 2.48. The maximum absolute atomic E-state index is 9.80. The normalized spacial score (nSPS) is 11.7. The van der Waals surface area contributed by atoms with Crippen LogP contribution in [0.2, 0.25) is 0 Å². The topological polar surface area (TPSA) is 54.4 Å². The Bertz CT molecular complexity index is 648. The molecule has 124 valence electrons. The van der Waals surface area contributed by atoms with Crippen LogP contribution in [0.15, 0.2) is 36.4 Å². The number of pyridine rings is 1. The fraction of sp³-hybridized carbons (Fsp3) is 0.421. The summed E-state index contributed by atoms with van der Waals surface area (Å²) in [5.74, 6) is 0.232. The third kappa shape index (κ3) is 6.00. The number of rotatable bonds is 6. The molecule has 0 aliphatic heterocycles. The van der Waals surface area contributed by atoms with Crippen LogP contribution in [0.3, 0.4) is 0 Å². The van der Waals surface area contributed by atoms with Gasteiger partial charge in [0.2, 0.25) is 0 Å². The van der Waals surface area contributed by atoms with Gasteiger partial charge < -0.3 is 15.2 Å².